The lowest BCUT2D eigenvalue weighted by molar-refractivity contribution is -0.136. The molecule has 0 bridgehead atoms. The number of aromatic nitrogens is 2. The molecule has 6 rings (SSSR count). The number of pyridine rings is 2. The highest BCUT2D eigenvalue weighted by molar-refractivity contribution is 6.07. The molecule has 0 radical (unpaired) electrons. The lowest BCUT2D eigenvalue weighted by Crippen LogP contribution is -2.24. The number of nitrogens with zero attached hydrogens (tertiary/aromatic N) is 3. The first-order valence-electron chi connectivity index (χ1n) is 14.5. The maximum absolute atomic E-state index is 11.9. The Morgan fingerprint density at radius 1 is 1.09 bits per heavy atom. The number of carboxylic acids is 1. The van der Waals surface area contributed by atoms with Crippen molar-refractivity contribution in [2.75, 3.05) is 18.7 Å². The minimum atomic E-state index is -0.891. The summed E-state index contributed by atoms with van der Waals surface area (Å²) in [6, 6.07) is 19.5. The summed E-state index contributed by atoms with van der Waals surface area (Å²) in [5.41, 5.74) is 7.40. The fraction of sp³-hybridized carbons (Fsp3) is 0.286. The molecule has 3 aromatic carbocycles. The van der Waals surface area contributed by atoms with Gasteiger partial charge in [-0.05, 0) is 98.0 Å². The van der Waals surface area contributed by atoms with E-state index in [1.807, 2.05) is 73.8 Å². The second-order valence-electron chi connectivity index (χ2n) is 12.0. The number of aryl methyl sites for hydroxylation is 1. The van der Waals surface area contributed by atoms with Crippen molar-refractivity contribution in [1.82, 2.24) is 9.97 Å². The molecule has 0 atom stereocenters. The van der Waals surface area contributed by atoms with Gasteiger partial charge in [-0.1, -0.05) is 12.1 Å². The predicted octanol–water partition coefficient (Wildman–Crippen LogP) is 5.99. The third kappa shape index (κ3) is 6.90. The minimum absolute atomic E-state index is 0.108. The quantitative estimate of drug-likeness (QED) is 0.154. The van der Waals surface area contributed by atoms with Crippen molar-refractivity contribution in [3.63, 3.8) is 0 Å². The monoisotopic (exact) mass is 594 g/mol. The summed E-state index contributed by atoms with van der Waals surface area (Å²) in [5.74, 6) is 6.19. The van der Waals surface area contributed by atoms with E-state index >= 15 is 0 Å². The highest BCUT2D eigenvalue weighted by atomic mass is 16.5. The van der Waals surface area contributed by atoms with Crippen molar-refractivity contribution in [2.45, 2.75) is 52.7 Å². The number of rotatable bonds is 7. The van der Waals surface area contributed by atoms with Crippen molar-refractivity contribution in [1.29, 1.82) is 0 Å². The van der Waals surface area contributed by atoms with E-state index in [0.717, 1.165) is 67.5 Å². The van der Waals surface area contributed by atoms with Crippen LogP contribution in [0.2, 0.25) is 0 Å². The first kappa shape index (κ1) is 30.7. The van der Waals surface area contributed by atoms with Gasteiger partial charge in [-0.3, -0.25) is 9.78 Å². The molecule has 1 aliphatic heterocycles. The van der Waals surface area contributed by atoms with Crippen molar-refractivity contribution in [3.8, 4) is 22.8 Å². The summed E-state index contributed by atoms with van der Waals surface area (Å²) in [7, 11) is 1.79. The van der Waals surface area contributed by atoms with E-state index in [1.165, 1.54) is 5.56 Å². The van der Waals surface area contributed by atoms with Gasteiger partial charge in [0.15, 0.2) is 0 Å². The van der Waals surface area contributed by atoms with Gasteiger partial charge in [-0.25, -0.2) is 10.8 Å². The van der Waals surface area contributed by atoms with Gasteiger partial charge in [0.25, 0.3) is 0 Å². The normalized spacial score (nSPS) is 12.3. The van der Waals surface area contributed by atoms with Crippen LogP contribution in [-0.4, -0.2) is 45.4 Å². The SMILES string of the molecule is CC(C)(C)O.Cc1cc2nc(OCc3ccc(N(C)N)cc3)ccc2c(-c2ccc3c4c(ccnc24)CCO3)c1CC(=O)O. The van der Waals surface area contributed by atoms with Crippen LogP contribution in [0.25, 0.3) is 32.9 Å². The number of ether oxygens (including phenoxy) is 2. The molecule has 0 saturated carbocycles. The number of carboxylic acid groups (broad SMARTS) is 1. The Morgan fingerprint density at radius 2 is 1.82 bits per heavy atom. The maximum atomic E-state index is 11.9. The van der Waals surface area contributed by atoms with Gasteiger partial charge < -0.3 is 24.7 Å². The average Bonchev–Trinajstić information content (AvgIpc) is 2.96. The molecule has 4 N–H and O–H groups in total. The molecule has 0 spiro atoms. The molecule has 0 saturated heterocycles. The Morgan fingerprint density at radius 3 is 2.50 bits per heavy atom. The van der Waals surface area contributed by atoms with Gasteiger partial charge in [-0.2, -0.15) is 0 Å². The zero-order chi connectivity index (χ0) is 31.6. The fourth-order valence-corrected chi connectivity index (χ4v) is 5.28. The number of hydrogen-bond acceptors (Lipinski definition) is 8. The second kappa shape index (κ2) is 12.5. The molecule has 0 amide bonds. The molecule has 44 heavy (non-hydrogen) atoms. The summed E-state index contributed by atoms with van der Waals surface area (Å²) < 4.78 is 11.9. The average molecular weight is 595 g/mol. The van der Waals surface area contributed by atoms with E-state index < -0.39 is 11.6 Å². The standard InChI is InChI=1S/C31H28N4O4.C4H10O/c1-18-15-25-22(8-10-27(34-25)39-17-19-3-5-21(6-4-19)35(2)32)30(24(18)16-28(36)37)23-7-9-26-29-20(12-14-38-26)11-13-33-31(23)29;1-4(2,3)5/h3-11,13,15H,12,14,16-17,32H2,1-2H3,(H,36,37);5H,1-3H3. The number of hydrogen-bond donors (Lipinski definition) is 3. The largest absolute Gasteiger partial charge is 0.493 e. The van der Waals surface area contributed by atoms with Gasteiger partial charge in [0.2, 0.25) is 5.88 Å². The lowest BCUT2D eigenvalue weighted by Gasteiger charge is -2.21. The Kier molecular flexibility index (Phi) is 8.71. The van der Waals surface area contributed by atoms with E-state index in [1.54, 1.807) is 32.8 Å². The summed E-state index contributed by atoms with van der Waals surface area (Å²) in [6.07, 6.45) is 2.51. The number of nitrogens with two attached hydrogens (primary N) is 1. The number of benzene rings is 3. The molecule has 3 heterocycles. The van der Waals surface area contributed by atoms with Crippen molar-refractivity contribution < 1.29 is 24.5 Å². The predicted molar refractivity (Wildman–Crippen MR) is 173 cm³/mol. The minimum Gasteiger partial charge on any atom is -0.493 e. The fourth-order valence-electron chi connectivity index (χ4n) is 5.28. The van der Waals surface area contributed by atoms with Crippen molar-refractivity contribution in [3.05, 3.63) is 89.1 Å². The Hall–Kier alpha value is -4.73. The molecular weight excluding hydrogens is 556 g/mol. The first-order valence-corrected chi connectivity index (χ1v) is 14.5. The summed E-state index contributed by atoms with van der Waals surface area (Å²) in [6.45, 7) is 8.14. The molecule has 9 heteroatoms. The number of carbonyl (C=O) groups is 1. The maximum Gasteiger partial charge on any atom is 0.307 e. The smallest absolute Gasteiger partial charge is 0.307 e. The molecule has 0 fully saturated rings. The zero-order valence-electron chi connectivity index (χ0n) is 25.7. The van der Waals surface area contributed by atoms with Crippen LogP contribution in [0.15, 0.2) is 66.9 Å². The summed E-state index contributed by atoms with van der Waals surface area (Å²) >= 11 is 0. The number of aliphatic hydroxyl groups is 1. The summed E-state index contributed by atoms with van der Waals surface area (Å²) in [5, 5.41) is 21.7. The third-order valence-electron chi connectivity index (χ3n) is 7.20. The van der Waals surface area contributed by atoms with Crippen molar-refractivity contribution in [2.24, 2.45) is 5.84 Å². The number of hydrazine groups is 1. The van der Waals surface area contributed by atoms with Crippen LogP contribution in [-0.2, 0) is 24.2 Å². The Bertz CT molecular complexity index is 1810. The molecule has 1 aliphatic rings. The first-order chi connectivity index (χ1) is 20.9. The molecule has 228 valence electrons. The van der Waals surface area contributed by atoms with Crippen LogP contribution in [0.5, 0.6) is 11.6 Å². The molecule has 0 unspecified atom stereocenters. The lowest BCUT2D eigenvalue weighted by atomic mass is 9.88. The van der Waals surface area contributed by atoms with Gasteiger partial charge >= 0.3 is 5.97 Å². The number of fused-ring (bicyclic) bond motifs is 1. The molecular formula is C35H38N4O5. The van der Waals surface area contributed by atoms with E-state index in [-0.39, 0.29) is 6.42 Å². The molecule has 9 nitrogen and oxygen atoms in total. The van der Waals surface area contributed by atoms with Crippen LogP contribution >= 0.6 is 0 Å². The van der Waals surface area contributed by atoms with Gasteiger partial charge in [-0.15, -0.1) is 0 Å². The Balaban J connectivity index is 0.000000712. The highest BCUT2D eigenvalue weighted by Gasteiger charge is 2.22. The van der Waals surface area contributed by atoms with Crippen molar-refractivity contribution >= 4 is 33.5 Å². The van der Waals surface area contributed by atoms with E-state index in [2.05, 4.69) is 0 Å². The van der Waals surface area contributed by atoms with Crippen LogP contribution in [0.3, 0.4) is 0 Å². The van der Waals surface area contributed by atoms with Gasteiger partial charge in [0.1, 0.15) is 12.4 Å². The Labute approximate surface area is 256 Å². The highest BCUT2D eigenvalue weighted by Crippen LogP contribution is 2.42. The molecule has 2 aromatic heterocycles. The number of aliphatic carboxylic acids is 1. The van der Waals surface area contributed by atoms with E-state index in [0.29, 0.717) is 19.1 Å². The van der Waals surface area contributed by atoms with Gasteiger partial charge in [0, 0.05) is 42.1 Å². The van der Waals surface area contributed by atoms with E-state index in [9.17, 15) is 9.90 Å². The summed E-state index contributed by atoms with van der Waals surface area (Å²) in [4.78, 5) is 21.5. The number of anilines is 1. The molecule has 5 aromatic rings. The topological polar surface area (TPSA) is 131 Å². The van der Waals surface area contributed by atoms with Gasteiger partial charge in [0.05, 0.1) is 35.3 Å². The van der Waals surface area contributed by atoms with Crippen LogP contribution < -0.4 is 20.3 Å². The van der Waals surface area contributed by atoms with Crippen LogP contribution in [0.1, 0.15) is 43.0 Å². The molecule has 0 aliphatic carbocycles. The third-order valence-corrected chi connectivity index (χ3v) is 7.20. The van der Waals surface area contributed by atoms with E-state index in [4.69, 9.17) is 30.4 Å². The zero-order valence-corrected chi connectivity index (χ0v) is 25.7. The van der Waals surface area contributed by atoms with Crippen LogP contribution in [0.4, 0.5) is 5.69 Å². The van der Waals surface area contributed by atoms with Crippen LogP contribution in [0, 0.1) is 6.92 Å². The second-order valence-corrected chi connectivity index (χ2v) is 12.0.